The van der Waals surface area contributed by atoms with Crippen molar-refractivity contribution in [2.45, 2.75) is 30.9 Å². The third kappa shape index (κ3) is 3.83. The van der Waals surface area contributed by atoms with E-state index in [0.29, 0.717) is 0 Å². The van der Waals surface area contributed by atoms with Crippen molar-refractivity contribution in [2.75, 3.05) is 13.1 Å². The molecule has 0 aromatic heterocycles. The van der Waals surface area contributed by atoms with Crippen LogP contribution >= 0.6 is 0 Å². The summed E-state index contributed by atoms with van der Waals surface area (Å²) in [6.45, 7) is 2.97. The van der Waals surface area contributed by atoms with Gasteiger partial charge in [0.2, 0.25) is 0 Å². The molecule has 1 fully saturated rings. The highest BCUT2D eigenvalue weighted by molar-refractivity contribution is 5.33. The zero-order valence-corrected chi connectivity index (χ0v) is 15.7. The molecule has 0 bridgehead atoms. The number of aliphatic hydroxyl groups is 1. The molecular weight excluding hydrogens is 330 g/mol. The van der Waals surface area contributed by atoms with Gasteiger partial charge in [-0.3, -0.25) is 4.90 Å². The van der Waals surface area contributed by atoms with E-state index in [9.17, 15) is 5.11 Å². The van der Waals surface area contributed by atoms with E-state index in [1.54, 1.807) is 0 Å². The molecule has 138 valence electrons. The van der Waals surface area contributed by atoms with E-state index in [1.807, 2.05) is 30.3 Å². The number of piperidine rings is 1. The van der Waals surface area contributed by atoms with Gasteiger partial charge in [0.1, 0.15) is 0 Å². The molecule has 1 N–H and O–H groups in total. The highest BCUT2D eigenvalue weighted by Crippen LogP contribution is 2.45. The highest BCUT2D eigenvalue weighted by Gasteiger charge is 2.42. The molecule has 0 amide bonds. The molecule has 27 heavy (non-hydrogen) atoms. The number of hydrogen-bond acceptors (Lipinski definition) is 2. The molecule has 2 nitrogen and oxygen atoms in total. The minimum absolute atomic E-state index is 0.226. The molecule has 0 spiro atoms. The average molecular weight is 357 g/mol. The zero-order chi connectivity index (χ0) is 18.5. The lowest BCUT2D eigenvalue weighted by molar-refractivity contribution is 0.0270. The molecule has 0 radical (unpaired) electrons. The maximum atomic E-state index is 11.4. The van der Waals surface area contributed by atoms with Gasteiger partial charge in [-0.1, -0.05) is 91.0 Å². The fraction of sp³-hybridized carbons (Fsp3) is 0.280. The number of benzene rings is 3. The minimum Gasteiger partial charge on any atom is -0.387 e. The van der Waals surface area contributed by atoms with Crippen LogP contribution in [0.2, 0.25) is 0 Å². The third-order valence-electron chi connectivity index (χ3n) is 5.98. The van der Waals surface area contributed by atoms with Gasteiger partial charge in [0.15, 0.2) is 0 Å². The Hall–Kier alpha value is -2.42. The topological polar surface area (TPSA) is 23.5 Å². The summed E-state index contributed by atoms with van der Waals surface area (Å²) in [5, 5.41) is 11.4. The molecule has 0 aliphatic carbocycles. The third-order valence-corrected chi connectivity index (χ3v) is 5.98. The normalized spacial score (nSPS) is 18.1. The van der Waals surface area contributed by atoms with Gasteiger partial charge in [0, 0.05) is 12.0 Å². The molecule has 4 rings (SSSR count). The Morgan fingerprint density at radius 2 is 1.26 bits per heavy atom. The quantitative estimate of drug-likeness (QED) is 0.698. The van der Waals surface area contributed by atoms with Crippen molar-refractivity contribution in [3.05, 3.63) is 108 Å². The van der Waals surface area contributed by atoms with Crippen LogP contribution in [-0.4, -0.2) is 23.1 Å². The van der Waals surface area contributed by atoms with Gasteiger partial charge in [-0.25, -0.2) is 0 Å². The summed E-state index contributed by atoms with van der Waals surface area (Å²) < 4.78 is 0. The van der Waals surface area contributed by atoms with E-state index in [0.717, 1.165) is 38.0 Å². The van der Waals surface area contributed by atoms with Crippen LogP contribution in [0, 0.1) is 0 Å². The number of rotatable bonds is 5. The van der Waals surface area contributed by atoms with Gasteiger partial charge in [0.05, 0.1) is 6.10 Å². The fourth-order valence-corrected chi connectivity index (χ4v) is 4.40. The predicted octanol–water partition coefficient (Wildman–Crippen LogP) is 4.95. The van der Waals surface area contributed by atoms with Crippen LogP contribution in [0.25, 0.3) is 0 Å². The van der Waals surface area contributed by atoms with Crippen LogP contribution in [0.15, 0.2) is 91.0 Å². The van der Waals surface area contributed by atoms with E-state index in [1.165, 1.54) is 11.1 Å². The molecular formula is C25H27NO. The summed E-state index contributed by atoms with van der Waals surface area (Å²) >= 11 is 0. The van der Waals surface area contributed by atoms with E-state index in [4.69, 9.17) is 0 Å². The van der Waals surface area contributed by atoms with Crippen LogP contribution in [0.1, 0.15) is 35.6 Å². The lowest BCUT2D eigenvalue weighted by atomic mass is 9.67. The monoisotopic (exact) mass is 357 g/mol. The maximum absolute atomic E-state index is 11.4. The Morgan fingerprint density at radius 3 is 1.85 bits per heavy atom. The molecule has 1 unspecified atom stereocenters. The van der Waals surface area contributed by atoms with Crippen molar-refractivity contribution >= 4 is 0 Å². The van der Waals surface area contributed by atoms with Gasteiger partial charge in [-0.05, 0) is 42.6 Å². The van der Waals surface area contributed by atoms with Crippen LogP contribution in [0.4, 0.5) is 0 Å². The van der Waals surface area contributed by atoms with E-state index < -0.39 is 6.10 Å². The number of likely N-dealkylation sites (tertiary alicyclic amines) is 1. The van der Waals surface area contributed by atoms with Crippen LogP contribution in [-0.2, 0) is 12.0 Å². The molecule has 1 aliphatic rings. The second kappa shape index (κ2) is 8.08. The van der Waals surface area contributed by atoms with Crippen LogP contribution in [0.3, 0.4) is 0 Å². The van der Waals surface area contributed by atoms with Gasteiger partial charge < -0.3 is 5.11 Å². The summed E-state index contributed by atoms with van der Waals surface area (Å²) in [6.07, 6.45) is 1.43. The first-order valence-electron chi connectivity index (χ1n) is 9.83. The van der Waals surface area contributed by atoms with E-state index in [2.05, 4.69) is 65.6 Å². The van der Waals surface area contributed by atoms with Crippen molar-refractivity contribution in [2.24, 2.45) is 0 Å². The largest absolute Gasteiger partial charge is 0.387 e. The van der Waals surface area contributed by atoms with E-state index in [-0.39, 0.29) is 5.41 Å². The lowest BCUT2D eigenvalue weighted by Gasteiger charge is -2.45. The summed E-state index contributed by atoms with van der Waals surface area (Å²) in [5.41, 5.74) is 3.39. The number of hydrogen-bond donors (Lipinski definition) is 1. The molecule has 1 aliphatic heterocycles. The van der Waals surface area contributed by atoms with Crippen molar-refractivity contribution < 1.29 is 5.11 Å². The summed E-state index contributed by atoms with van der Waals surface area (Å²) in [7, 11) is 0. The standard InChI is InChI=1S/C25H27NO/c27-24(22-12-6-2-7-13-22)25(23-14-8-3-9-15-23)16-18-26(19-17-25)20-21-10-4-1-5-11-21/h1-15,24,27H,16-20H2. The Bertz CT molecular complexity index is 824. The number of aliphatic hydroxyl groups excluding tert-OH is 1. The molecule has 1 heterocycles. The molecule has 2 heteroatoms. The van der Waals surface area contributed by atoms with E-state index >= 15 is 0 Å². The number of nitrogens with zero attached hydrogens (tertiary/aromatic N) is 1. The van der Waals surface area contributed by atoms with Crippen LogP contribution in [0.5, 0.6) is 0 Å². The van der Waals surface area contributed by atoms with Gasteiger partial charge in [0.25, 0.3) is 0 Å². The van der Waals surface area contributed by atoms with Crippen molar-refractivity contribution in [3.8, 4) is 0 Å². The van der Waals surface area contributed by atoms with Gasteiger partial charge in [-0.2, -0.15) is 0 Å². The Balaban J connectivity index is 1.58. The first kappa shape index (κ1) is 18.0. The van der Waals surface area contributed by atoms with Crippen LogP contribution < -0.4 is 0 Å². The molecule has 3 aromatic rings. The summed E-state index contributed by atoms with van der Waals surface area (Å²) in [5.74, 6) is 0. The Kier molecular flexibility index (Phi) is 5.38. The molecule has 3 aromatic carbocycles. The molecule has 1 saturated heterocycles. The summed E-state index contributed by atoms with van der Waals surface area (Å²) in [4.78, 5) is 2.51. The second-order valence-electron chi connectivity index (χ2n) is 7.60. The van der Waals surface area contributed by atoms with Crippen molar-refractivity contribution in [3.63, 3.8) is 0 Å². The highest BCUT2D eigenvalue weighted by atomic mass is 16.3. The molecule has 0 saturated carbocycles. The fourth-order valence-electron chi connectivity index (χ4n) is 4.40. The first-order valence-corrected chi connectivity index (χ1v) is 9.83. The van der Waals surface area contributed by atoms with Gasteiger partial charge >= 0.3 is 0 Å². The predicted molar refractivity (Wildman–Crippen MR) is 110 cm³/mol. The maximum Gasteiger partial charge on any atom is 0.0887 e. The SMILES string of the molecule is OC(c1ccccc1)C1(c2ccccc2)CCN(Cc2ccccc2)CC1. The first-order chi connectivity index (χ1) is 13.3. The Morgan fingerprint density at radius 1 is 0.741 bits per heavy atom. The lowest BCUT2D eigenvalue weighted by Crippen LogP contribution is -2.45. The van der Waals surface area contributed by atoms with Crippen molar-refractivity contribution in [1.82, 2.24) is 4.90 Å². The smallest absolute Gasteiger partial charge is 0.0887 e. The van der Waals surface area contributed by atoms with Crippen molar-refractivity contribution in [1.29, 1.82) is 0 Å². The second-order valence-corrected chi connectivity index (χ2v) is 7.60. The summed E-state index contributed by atoms with van der Waals surface area (Å²) in [6, 6.07) is 31.4. The zero-order valence-electron chi connectivity index (χ0n) is 15.7. The Labute approximate surface area is 162 Å². The molecule has 1 atom stereocenters. The average Bonchev–Trinajstić information content (AvgIpc) is 2.76. The minimum atomic E-state index is -0.486. The van der Waals surface area contributed by atoms with Gasteiger partial charge in [-0.15, -0.1) is 0 Å².